The van der Waals surface area contributed by atoms with Gasteiger partial charge >= 0.3 is 0 Å². The standard InChI is InChI=1S/C12H24N2O/c1-3-4-5-6-7-11(10(2)15)12-13-8-9-14-12/h10-11,15H,3-9H2,1-2H3,(H,13,14). The normalized spacial score (nSPS) is 19.5. The largest absolute Gasteiger partial charge is 0.393 e. The molecule has 0 saturated heterocycles. The summed E-state index contributed by atoms with van der Waals surface area (Å²) in [4.78, 5) is 4.40. The zero-order valence-corrected chi connectivity index (χ0v) is 10.00. The average molecular weight is 212 g/mol. The number of aliphatic hydroxyl groups excluding tert-OH is 1. The number of aliphatic imine (C=N–C) groups is 1. The Kier molecular flexibility index (Phi) is 5.69. The van der Waals surface area contributed by atoms with E-state index in [1.54, 1.807) is 0 Å². The van der Waals surface area contributed by atoms with Crippen LogP contribution in [0.1, 0.15) is 46.0 Å². The smallest absolute Gasteiger partial charge is 0.102 e. The minimum Gasteiger partial charge on any atom is -0.393 e. The van der Waals surface area contributed by atoms with Gasteiger partial charge in [0, 0.05) is 12.5 Å². The highest BCUT2D eigenvalue weighted by molar-refractivity contribution is 5.86. The molecule has 0 aromatic rings. The third kappa shape index (κ3) is 4.20. The lowest BCUT2D eigenvalue weighted by Gasteiger charge is -2.20. The lowest BCUT2D eigenvalue weighted by molar-refractivity contribution is 0.150. The van der Waals surface area contributed by atoms with E-state index in [9.17, 15) is 5.11 Å². The summed E-state index contributed by atoms with van der Waals surface area (Å²) < 4.78 is 0. The van der Waals surface area contributed by atoms with Gasteiger partial charge in [-0.1, -0.05) is 32.6 Å². The number of nitrogens with one attached hydrogen (secondary N) is 1. The zero-order chi connectivity index (χ0) is 11.1. The summed E-state index contributed by atoms with van der Waals surface area (Å²) in [5.41, 5.74) is 0. The Morgan fingerprint density at radius 3 is 2.73 bits per heavy atom. The summed E-state index contributed by atoms with van der Waals surface area (Å²) in [6.07, 6.45) is 5.81. The molecule has 3 nitrogen and oxygen atoms in total. The number of hydrogen-bond donors (Lipinski definition) is 2. The number of unbranched alkanes of at least 4 members (excludes halogenated alkanes) is 3. The Bertz CT molecular complexity index is 202. The Hall–Kier alpha value is -0.570. The van der Waals surface area contributed by atoms with Crippen LogP contribution >= 0.6 is 0 Å². The average Bonchev–Trinajstić information content (AvgIpc) is 2.70. The van der Waals surface area contributed by atoms with Gasteiger partial charge in [0.05, 0.1) is 12.6 Å². The van der Waals surface area contributed by atoms with Crippen LogP contribution in [0.2, 0.25) is 0 Å². The first kappa shape index (κ1) is 12.5. The van der Waals surface area contributed by atoms with E-state index in [2.05, 4.69) is 17.2 Å². The Labute approximate surface area is 93.0 Å². The van der Waals surface area contributed by atoms with Crippen molar-refractivity contribution < 1.29 is 5.11 Å². The minimum absolute atomic E-state index is 0.226. The van der Waals surface area contributed by atoms with E-state index in [-0.39, 0.29) is 12.0 Å². The molecular formula is C12H24N2O. The van der Waals surface area contributed by atoms with Gasteiger partial charge in [0.2, 0.25) is 0 Å². The van der Waals surface area contributed by atoms with Crippen molar-refractivity contribution in [1.29, 1.82) is 0 Å². The number of rotatable bonds is 7. The van der Waals surface area contributed by atoms with E-state index < -0.39 is 0 Å². The molecule has 3 heteroatoms. The molecule has 88 valence electrons. The molecule has 0 saturated carbocycles. The first-order chi connectivity index (χ1) is 7.25. The quantitative estimate of drug-likeness (QED) is 0.634. The molecule has 0 bridgehead atoms. The van der Waals surface area contributed by atoms with Crippen LogP contribution in [-0.4, -0.2) is 30.1 Å². The summed E-state index contributed by atoms with van der Waals surface area (Å²) in [6.45, 7) is 5.89. The second-order valence-electron chi connectivity index (χ2n) is 4.39. The molecule has 0 radical (unpaired) electrons. The maximum Gasteiger partial charge on any atom is 0.102 e. The molecule has 0 aliphatic carbocycles. The predicted molar refractivity (Wildman–Crippen MR) is 64.2 cm³/mol. The van der Waals surface area contributed by atoms with Crippen LogP contribution in [0.25, 0.3) is 0 Å². The van der Waals surface area contributed by atoms with Crippen molar-refractivity contribution in [3.63, 3.8) is 0 Å². The molecule has 0 spiro atoms. The van der Waals surface area contributed by atoms with Crippen LogP contribution < -0.4 is 5.32 Å². The van der Waals surface area contributed by atoms with E-state index in [4.69, 9.17) is 0 Å². The summed E-state index contributed by atoms with van der Waals surface area (Å²) in [5.74, 6) is 1.26. The van der Waals surface area contributed by atoms with Crippen LogP contribution in [0.5, 0.6) is 0 Å². The fraction of sp³-hybridized carbons (Fsp3) is 0.917. The van der Waals surface area contributed by atoms with E-state index in [0.29, 0.717) is 0 Å². The summed E-state index contributed by atoms with van der Waals surface area (Å²) >= 11 is 0. The number of hydrogen-bond acceptors (Lipinski definition) is 3. The Balaban J connectivity index is 2.30. The molecule has 1 rings (SSSR count). The molecule has 2 unspecified atom stereocenters. The highest BCUT2D eigenvalue weighted by atomic mass is 16.3. The molecule has 2 atom stereocenters. The fourth-order valence-corrected chi connectivity index (χ4v) is 2.06. The zero-order valence-electron chi connectivity index (χ0n) is 10.00. The minimum atomic E-state index is -0.282. The Morgan fingerprint density at radius 1 is 1.40 bits per heavy atom. The van der Waals surface area contributed by atoms with Crippen molar-refractivity contribution in [2.45, 2.75) is 52.1 Å². The highest BCUT2D eigenvalue weighted by Gasteiger charge is 2.22. The molecule has 0 amide bonds. The fourth-order valence-electron chi connectivity index (χ4n) is 2.06. The second-order valence-corrected chi connectivity index (χ2v) is 4.39. The van der Waals surface area contributed by atoms with Gasteiger partial charge in [0.1, 0.15) is 5.84 Å². The second kappa shape index (κ2) is 6.83. The van der Waals surface area contributed by atoms with E-state index in [1.165, 1.54) is 25.7 Å². The monoisotopic (exact) mass is 212 g/mol. The van der Waals surface area contributed by atoms with Gasteiger partial charge in [-0.2, -0.15) is 0 Å². The van der Waals surface area contributed by atoms with E-state index in [1.807, 2.05) is 6.92 Å². The van der Waals surface area contributed by atoms with Gasteiger partial charge < -0.3 is 10.4 Å². The topological polar surface area (TPSA) is 44.6 Å². The van der Waals surface area contributed by atoms with Crippen molar-refractivity contribution in [1.82, 2.24) is 5.32 Å². The van der Waals surface area contributed by atoms with Crippen LogP contribution in [0.4, 0.5) is 0 Å². The Morgan fingerprint density at radius 2 is 2.20 bits per heavy atom. The van der Waals surface area contributed by atoms with E-state index in [0.717, 1.165) is 25.3 Å². The van der Waals surface area contributed by atoms with Crippen molar-refractivity contribution in [3.8, 4) is 0 Å². The molecule has 15 heavy (non-hydrogen) atoms. The van der Waals surface area contributed by atoms with Crippen LogP contribution in [-0.2, 0) is 0 Å². The van der Waals surface area contributed by atoms with Crippen molar-refractivity contribution >= 4 is 5.84 Å². The highest BCUT2D eigenvalue weighted by Crippen LogP contribution is 2.17. The first-order valence-corrected chi connectivity index (χ1v) is 6.22. The van der Waals surface area contributed by atoms with Crippen molar-refractivity contribution in [2.75, 3.05) is 13.1 Å². The maximum absolute atomic E-state index is 9.71. The van der Waals surface area contributed by atoms with Crippen LogP contribution in [0, 0.1) is 5.92 Å². The van der Waals surface area contributed by atoms with Gasteiger partial charge in [-0.15, -0.1) is 0 Å². The van der Waals surface area contributed by atoms with Crippen LogP contribution in [0.15, 0.2) is 4.99 Å². The van der Waals surface area contributed by atoms with Gasteiger partial charge in [-0.05, 0) is 13.3 Å². The molecule has 1 aliphatic rings. The lowest BCUT2D eigenvalue weighted by Crippen LogP contribution is -2.33. The molecule has 0 aromatic carbocycles. The third-order valence-electron chi connectivity index (χ3n) is 3.00. The number of nitrogens with zero attached hydrogens (tertiary/aromatic N) is 1. The molecule has 1 heterocycles. The van der Waals surface area contributed by atoms with Gasteiger partial charge in [0.15, 0.2) is 0 Å². The first-order valence-electron chi connectivity index (χ1n) is 6.22. The van der Waals surface area contributed by atoms with Gasteiger partial charge in [0.25, 0.3) is 0 Å². The summed E-state index contributed by atoms with van der Waals surface area (Å²) in [7, 11) is 0. The molecule has 1 aliphatic heterocycles. The number of amidine groups is 1. The lowest BCUT2D eigenvalue weighted by atomic mass is 9.95. The van der Waals surface area contributed by atoms with Crippen molar-refractivity contribution in [3.05, 3.63) is 0 Å². The molecular weight excluding hydrogens is 188 g/mol. The molecule has 0 fully saturated rings. The summed E-state index contributed by atoms with van der Waals surface area (Å²) in [6, 6.07) is 0. The van der Waals surface area contributed by atoms with Crippen molar-refractivity contribution in [2.24, 2.45) is 10.9 Å². The van der Waals surface area contributed by atoms with Gasteiger partial charge in [-0.25, -0.2) is 0 Å². The predicted octanol–water partition coefficient (Wildman–Crippen LogP) is 1.96. The third-order valence-corrected chi connectivity index (χ3v) is 3.00. The molecule has 0 aromatic heterocycles. The summed E-state index contributed by atoms with van der Waals surface area (Å²) in [5, 5.41) is 13.0. The van der Waals surface area contributed by atoms with E-state index >= 15 is 0 Å². The maximum atomic E-state index is 9.71. The molecule has 2 N–H and O–H groups in total. The van der Waals surface area contributed by atoms with Gasteiger partial charge in [-0.3, -0.25) is 4.99 Å². The SMILES string of the molecule is CCCCCCC(C1=NCCN1)C(C)O. The number of aliphatic hydroxyl groups is 1. The van der Waals surface area contributed by atoms with Crippen LogP contribution in [0.3, 0.4) is 0 Å².